The Morgan fingerprint density at radius 1 is 1.25 bits per heavy atom. The first-order chi connectivity index (χ1) is 11.7. The molecule has 1 N–H and O–H groups in total. The van der Waals surface area contributed by atoms with E-state index in [2.05, 4.69) is 14.9 Å². The van der Waals surface area contributed by atoms with E-state index in [0.29, 0.717) is 18.1 Å². The molecule has 0 aliphatic carbocycles. The Morgan fingerprint density at radius 2 is 1.96 bits per heavy atom. The lowest BCUT2D eigenvalue weighted by Gasteiger charge is -2.29. The summed E-state index contributed by atoms with van der Waals surface area (Å²) >= 11 is 0. The van der Waals surface area contributed by atoms with Gasteiger partial charge in [-0.15, -0.1) is 0 Å². The number of piperidine rings is 1. The van der Waals surface area contributed by atoms with Crippen molar-refractivity contribution in [1.29, 1.82) is 0 Å². The molecule has 1 aromatic heterocycles. The van der Waals surface area contributed by atoms with Crippen LogP contribution in [0.5, 0.6) is 0 Å². The maximum atomic E-state index is 11.8. The van der Waals surface area contributed by atoms with Gasteiger partial charge in [-0.25, -0.2) is 14.8 Å². The summed E-state index contributed by atoms with van der Waals surface area (Å²) < 4.78 is 5.03. The van der Waals surface area contributed by atoms with Crippen molar-refractivity contribution in [3.8, 4) is 11.1 Å². The molecule has 2 heterocycles. The first kappa shape index (κ1) is 16.4. The molecule has 1 aliphatic heterocycles. The quantitative estimate of drug-likeness (QED) is 0.868. The van der Waals surface area contributed by atoms with E-state index in [9.17, 15) is 9.90 Å². The highest BCUT2D eigenvalue weighted by Gasteiger charge is 2.19. The van der Waals surface area contributed by atoms with Crippen LogP contribution in [-0.4, -0.2) is 46.8 Å². The van der Waals surface area contributed by atoms with Gasteiger partial charge in [0.25, 0.3) is 0 Å². The van der Waals surface area contributed by atoms with E-state index in [1.165, 1.54) is 0 Å². The van der Waals surface area contributed by atoms with Gasteiger partial charge >= 0.3 is 5.97 Å². The second-order valence-electron chi connectivity index (χ2n) is 5.79. The molecule has 24 heavy (non-hydrogen) atoms. The Balaban J connectivity index is 1.76. The molecule has 1 aromatic carbocycles. The van der Waals surface area contributed by atoms with Crippen LogP contribution in [0.1, 0.15) is 30.1 Å². The standard InChI is InChI=1S/C18H21N3O3/c1-2-24-17(23)14-5-3-4-13(10-14)15-11-19-18(20-12-15)21-8-6-16(22)7-9-21/h3-5,10-12,16,22H,2,6-9H2,1H3. The lowest BCUT2D eigenvalue weighted by Crippen LogP contribution is -2.36. The zero-order valence-electron chi connectivity index (χ0n) is 13.7. The van der Waals surface area contributed by atoms with E-state index in [1.807, 2.05) is 12.1 Å². The zero-order chi connectivity index (χ0) is 16.9. The number of aromatic nitrogens is 2. The van der Waals surface area contributed by atoms with Crippen molar-refractivity contribution < 1.29 is 14.6 Å². The van der Waals surface area contributed by atoms with E-state index in [1.54, 1.807) is 31.5 Å². The van der Waals surface area contributed by atoms with E-state index in [4.69, 9.17) is 4.74 Å². The summed E-state index contributed by atoms with van der Waals surface area (Å²) in [4.78, 5) is 22.8. The molecule has 2 aromatic rings. The largest absolute Gasteiger partial charge is 0.462 e. The number of ether oxygens (including phenoxy) is 1. The molecule has 0 saturated carbocycles. The van der Waals surface area contributed by atoms with Crippen LogP contribution in [0, 0.1) is 0 Å². The van der Waals surface area contributed by atoms with Gasteiger partial charge in [-0.05, 0) is 37.5 Å². The second-order valence-corrected chi connectivity index (χ2v) is 5.79. The number of benzene rings is 1. The summed E-state index contributed by atoms with van der Waals surface area (Å²) in [5.74, 6) is 0.343. The summed E-state index contributed by atoms with van der Waals surface area (Å²) in [5.41, 5.74) is 2.24. The van der Waals surface area contributed by atoms with Crippen molar-refractivity contribution >= 4 is 11.9 Å². The number of nitrogens with zero attached hydrogens (tertiary/aromatic N) is 3. The van der Waals surface area contributed by atoms with Crippen molar-refractivity contribution in [3.05, 3.63) is 42.2 Å². The molecule has 0 amide bonds. The molecule has 126 valence electrons. The summed E-state index contributed by atoms with van der Waals surface area (Å²) in [6.45, 7) is 3.66. The molecular formula is C18H21N3O3. The Labute approximate surface area is 141 Å². The van der Waals surface area contributed by atoms with Crippen molar-refractivity contribution in [2.45, 2.75) is 25.9 Å². The minimum atomic E-state index is -0.330. The van der Waals surface area contributed by atoms with Crippen LogP contribution >= 0.6 is 0 Å². The van der Waals surface area contributed by atoms with Gasteiger partial charge in [-0.3, -0.25) is 0 Å². The molecule has 0 radical (unpaired) electrons. The van der Waals surface area contributed by atoms with E-state index in [0.717, 1.165) is 37.1 Å². The number of carbonyl (C=O) groups excluding carboxylic acids is 1. The molecule has 0 unspecified atom stereocenters. The molecule has 3 rings (SSSR count). The fourth-order valence-electron chi connectivity index (χ4n) is 2.74. The van der Waals surface area contributed by atoms with Gasteiger partial charge in [0.05, 0.1) is 18.3 Å². The number of hydrogen-bond acceptors (Lipinski definition) is 6. The zero-order valence-corrected chi connectivity index (χ0v) is 13.7. The van der Waals surface area contributed by atoms with Crippen LogP contribution < -0.4 is 4.90 Å². The SMILES string of the molecule is CCOC(=O)c1cccc(-c2cnc(N3CCC(O)CC3)nc2)c1. The molecular weight excluding hydrogens is 306 g/mol. The number of hydrogen-bond donors (Lipinski definition) is 1. The van der Waals surface area contributed by atoms with Crippen LogP contribution in [0.25, 0.3) is 11.1 Å². The minimum Gasteiger partial charge on any atom is -0.462 e. The Morgan fingerprint density at radius 3 is 2.62 bits per heavy atom. The smallest absolute Gasteiger partial charge is 0.338 e. The normalized spacial score (nSPS) is 15.3. The molecule has 6 heteroatoms. The average molecular weight is 327 g/mol. The fourth-order valence-corrected chi connectivity index (χ4v) is 2.74. The van der Waals surface area contributed by atoms with Crippen molar-refractivity contribution in [2.75, 3.05) is 24.6 Å². The maximum Gasteiger partial charge on any atom is 0.338 e. The molecule has 1 aliphatic rings. The molecule has 0 atom stereocenters. The topological polar surface area (TPSA) is 75.5 Å². The third-order valence-corrected chi connectivity index (χ3v) is 4.09. The number of carbonyl (C=O) groups is 1. The van der Waals surface area contributed by atoms with Crippen molar-refractivity contribution in [1.82, 2.24) is 9.97 Å². The third kappa shape index (κ3) is 3.71. The van der Waals surface area contributed by atoms with E-state index in [-0.39, 0.29) is 12.1 Å². The van der Waals surface area contributed by atoms with Crippen molar-refractivity contribution in [2.24, 2.45) is 0 Å². The predicted octanol–water partition coefficient (Wildman–Crippen LogP) is 2.28. The lowest BCUT2D eigenvalue weighted by molar-refractivity contribution is 0.0526. The number of aliphatic hydroxyl groups excluding tert-OH is 1. The number of aliphatic hydroxyl groups is 1. The average Bonchev–Trinajstić information content (AvgIpc) is 2.63. The van der Waals surface area contributed by atoms with Gasteiger partial charge < -0.3 is 14.7 Å². The second kappa shape index (κ2) is 7.40. The first-order valence-electron chi connectivity index (χ1n) is 8.20. The predicted molar refractivity (Wildman–Crippen MR) is 90.9 cm³/mol. The van der Waals surface area contributed by atoms with Crippen LogP contribution in [0.4, 0.5) is 5.95 Å². The summed E-state index contributed by atoms with van der Waals surface area (Å²) in [7, 11) is 0. The summed E-state index contributed by atoms with van der Waals surface area (Å²) in [6.07, 6.45) is 4.79. The monoisotopic (exact) mass is 327 g/mol. The van der Waals surface area contributed by atoms with E-state index >= 15 is 0 Å². The van der Waals surface area contributed by atoms with Gasteiger partial charge in [0.15, 0.2) is 0 Å². The maximum absolute atomic E-state index is 11.8. The number of esters is 1. The Kier molecular flexibility index (Phi) is 5.05. The molecule has 0 spiro atoms. The highest BCUT2D eigenvalue weighted by molar-refractivity contribution is 5.91. The highest BCUT2D eigenvalue weighted by atomic mass is 16.5. The van der Waals surface area contributed by atoms with Gasteiger partial charge in [-0.2, -0.15) is 0 Å². The van der Waals surface area contributed by atoms with Crippen molar-refractivity contribution in [3.63, 3.8) is 0 Å². The highest BCUT2D eigenvalue weighted by Crippen LogP contribution is 2.22. The summed E-state index contributed by atoms with van der Waals surface area (Å²) in [5, 5.41) is 9.57. The van der Waals surface area contributed by atoms with Gasteiger partial charge in [-0.1, -0.05) is 12.1 Å². The van der Waals surface area contributed by atoms with Crippen LogP contribution in [0.2, 0.25) is 0 Å². The van der Waals surface area contributed by atoms with Gasteiger partial charge in [0.1, 0.15) is 0 Å². The molecule has 0 bridgehead atoms. The molecule has 1 saturated heterocycles. The Hall–Kier alpha value is -2.47. The van der Waals surface area contributed by atoms with Gasteiger partial charge in [0, 0.05) is 31.0 Å². The van der Waals surface area contributed by atoms with Crippen LogP contribution in [0.3, 0.4) is 0 Å². The number of anilines is 1. The fraction of sp³-hybridized carbons (Fsp3) is 0.389. The third-order valence-electron chi connectivity index (χ3n) is 4.09. The molecule has 1 fully saturated rings. The van der Waals surface area contributed by atoms with E-state index < -0.39 is 0 Å². The Bertz CT molecular complexity index is 695. The minimum absolute atomic E-state index is 0.217. The summed E-state index contributed by atoms with van der Waals surface area (Å²) in [6, 6.07) is 7.25. The van der Waals surface area contributed by atoms with Gasteiger partial charge in [0.2, 0.25) is 5.95 Å². The molecule has 6 nitrogen and oxygen atoms in total. The van der Waals surface area contributed by atoms with Crippen LogP contribution in [0.15, 0.2) is 36.7 Å². The lowest BCUT2D eigenvalue weighted by atomic mass is 10.1. The first-order valence-corrected chi connectivity index (χ1v) is 8.20. The van der Waals surface area contributed by atoms with Crippen LogP contribution in [-0.2, 0) is 4.74 Å². The number of rotatable bonds is 4.